The van der Waals surface area contributed by atoms with E-state index in [9.17, 15) is 14.4 Å². The summed E-state index contributed by atoms with van der Waals surface area (Å²) in [6.45, 7) is 1.32. The number of hydrogen-bond acceptors (Lipinski definition) is 5. The minimum atomic E-state index is -0.991. The summed E-state index contributed by atoms with van der Waals surface area (Å²) in [5.74, 6) is -0.971. The van der Waals surface area contributed by atoms with Crippen molar-refractivity contribution >= 4 is 17.8 Å². The molecule has 3 rings (SSSR count). The lowest BCUT2D eigenvalue weighted by Gasteiger charge is -2.13. The van der Waals surface area contributed by atoms with Crippen LogP contribution in [-0.4, -0.2) is 30.4 Å². The summed E-state index contributed by atoms with van der Waals surface area (Å²) in [5, 5.41) is 5.10. The number of nitrogens with one attached hydrogen (secondary N) is 2. The van der Waals surface area contributed by atoms with Gasteiger partial charge in [-0.15, -0.1) is 0 Å². The standard InChI is InChI=1S/C23H22N2O5/c1-16(22(27)24-14-20-8-5-13-29-20)30-21(26)15-25-23(28)19-11-9-18(10-12-19)17-6-3-2-4-7-17/h2-13,16H,14-15H2,1H3,(H,24,27)(H,25,28). The molecule has 1 heterocycles. The first kappa shape index (κ1) is 20.9. The number of benzene rings is 2. The lowest BCUT2D eigenvalue weighted by molar-refractivity contribution is -0.153. The van der Waals surface area contributed by atoms with Crippen molar-refractivity contribution < 1.29 is 23.5 Å². The van der Waals surface area contributed by atoms with Gasteiger partial charge in [0.1, 0.15) is 12.3 Å². The Bertz CT molecular complexity index is 982. The number of ether oxygens (including phenoxy) is 1. The van der Waals surface area contributed by atoms with E-state index in [1.807, 2.05) is 42.5 Å². The summed E-state index contributed by atoms with van der Waals surface area (Å²) in [7, 11) is 0. The molecular weight excluding hydrogens is 384 g/mol. The van der Waals surface area contributed by atoms with E-state index in [1.165, 1.54) is 13.2 Å². The quantitative estimate of drug-likeness (QED) is 0.561. The molecule has 1 aromatic heterocycles. The van der Waals surface area contributed by atoms with E-state index < -0.39 is 23.9 Å². The fourth-order valence-electron chi connectivity index (χ4n) is 2.72. The monoisotopic (exact) mass is 406 g/mol. The van der Waals surface area contributed by atoms with Gasteiger partial charge in [0.05, 0.1) is 12.8 Å². The predicted molar refractivity (Wildman–Crippen MR) is 110 cm³/mol. The molecule has 7 nitrogen and oxygen atoms in total. The summed E-state index contributed by atoms with van der Waals surface area (Å²) in [5.41, 5.74) is 2.46. The number of carbonyl (C=O) groups is 3. The normalized spacial score (nSPS) is 11.4. The molecule has 154 valence electrons. The fourth-order valence-corrected chi connectivity index (χ4v) is 2.72. The molecule has 0 spiro atoms. The lowest BCUT2D eigenvalue weighted by atomic mass is 10.0. The van der Waals surface area contributed by atoms with Crippen LogP contribution in [0.2, 0.25) is 0 Å². The van der Waals surface area contributed by atoms with E-state index in [-0.39, 0.29) is 13.1 Å². The second-order valence-electron chi connectivity index (χ2n) is 6.56. The first-order valence-corrected chi connectivity index (χ1v) is 9.46. The number of hydrogen-bond donors (Lipinski definition) is 2. The minimum absolute atomic E-state index is 0.198. The molecule has 0 fully saturated rings. The second-order valence-corrected chi connectivity index (χ2v) is 6.56. The van der Waals surface area contributed by atoms with Gasteiger partial charge in [-0.25, -0.2) is 0 Å². The maximum Gasteiger partial charge on any atom is 0.326 e. The molecule has 2 amide bonds. The molecule has 0 radical (unpaired) electrons. The SMILES string of the molecule is CC(OC(=O)CNC(=O)c1ccc(-c2ccccc2)cc1)C(=O)NCc1ccco1. The van der Waals surface area contributed by atoms with Gasteiger partial charge in [0.25, 0.3) is 11.8 Å². The van der Waals surface area contributed by atoms with Gasteiger partial charge in [-0.1, -0.05) is 42.5 Å². The van der Waals surface area contributed by atoms with E-state index in [4.69, 9.17) is 9.15 Å². The number of esters is 1. The summed E-state index contributed by atoms with van der Waals surface area (Å²) in [6.07, 6.45) is 0.512. The van der Waals surface area contributed by atoms with Crippen LogP contribution in [0.1, 0.15) is 23.0 Å². The zero-order chi connectivity index (χ0) is 21.3. The molecule has 0 bridgehead atoms. The van der Waals surface area contributed by atoms with E-state index in [1.54, 1.807) is 24.3 Å². The minimum Gasteiger partial charge on any atom is -0.467 e. The third-order valence-corrected chi connectivity index (χ3v) is 4.34. The van der Waals surface area contributed by atoms with Gasteiger partial charge in [0, 0.05) is 5.56 Å². The zero-order valence-corrected chi connectivity index (χ0v) is 16.5. The second kappa shape index (κ2) is 10.1. The first-order valence-electron chi connectivity index (χ1n) is 9.46. The summed E-state index contributed by atoms with van der Waals surface area (Å²) in [6, 6.07) is 20.3. The maximum atomic E-state index is 12.2. The molecule has 7 heteroatoms. The first-order chi connectivity index (χ1) is 14.5. The van der Waals surface area contributed by atoms with Crippen LogP contribution >= 0.6 is 0 Å². The van der Waals surface area contributed by atoms with Crippen LogP contribution in [0, 0.1) is 0 Å². The largest absolute Gasteiger partial charge is 0.467 e. The molecule has 0 aliphatic rings. The summed E-state index contributed by atoms with van der Waals surface area (Å²) in [4.78, 5) is 36.1. The highest BCUT2D eigenvalue weighted by Gasteiger charge is 2.18. The van der Waals surface area contributed by atoms with Crippen LogP contribution in [0.3, 0.4) is 0 Å². The molecule has 0 aliphatic heterocycles. The number of furan rings is 1. The molecular formula is C23H22N2O5. The maximum absolute atomic E-state index is 12.2. The Morgan fingerprint density at radius 2 is 1.60 bits per heavy atom. The third kappa shape index (κ3) is 5.81. The fraction of sp³-hybridized carbons (Fsp3) is 0.174. The van der Waals surface area contributed by atoms with Crippen molar-refractivity contribution in [1.82, 2.24) is 10.6 Å². The van der Waals surface area contributed by atoms with Crippen molar-refractivity contribution in [3.05, 3.63) is 84.3 Å². The molecule has 3 aromatic rings. The van der Waals surface area contributed by atoms with Gasteiger partial charge >= 0.3 is 5.97 Å². The van der Waals surface area contributed by atoms with Crippen LogP contribution in [0.5, 0.6) is 0 Å². The van der Waals surface area contributed by atoms with Gasteiger partial charge in [-0.3, -0.25) is 14.4 Å². The van der Waals surface area contributed by atoms with Crippen LogP contribution in [0.15, 0.2) is 77.4 Å². The Morgan fingerprint density at radius 1 is 0.900 bits per heavy atom. The van der Waals surface area contributed by atoms with Crippen LogP contribution < -0.4 is 10.6 Å². The van der Waals surface area contributed by atoms with Gasteiger partial charge in [0.15, 0.2) is 6.10 Å². The average Bonchev–Trinajstić information content (AvgIpc) is 3.30. The molecule has 1 atom stereocenters. The van der Waals surface area contributed by atoms with Gasteiger partial charge < -0.3 is 19.8 Å². The number of amides is 2. The smallest absolute Gasteiger partial charge is 0.326 e. The average molecular weight is 406 g/mol. The van der Waals surface area contributed by atoms with Crippen LogP contribution in [-0.2, 0) is 20.9 Å². The van der Waals surface area contributed by atoms with Crippen molar-refractivity contribution in [2.45, 2.75) is 19.6 Å². The molecule has 2 aromatic carbocycles. The zero-order valence-electron chi connectivity index (χ0n) is 16.5. The van der Waals surface area contributed by atoms with Crippen molar-refractivity contribution in [3.8, 4) is 11.1 Å². The topological polar surface area (TPSA) is 97.6 Å². The Kier molecular flexibility index (Phi) is 7.00. The predicted octanol–water partition coefficient (Wildman–Crippen LogP) is 2.92. The van der Waals surface area contributed by atoms with Gasteiger partial charge in [0.2, 0.25) is 0 Å². The number of carbonyl (C=O) groups excluding carboxylic acids is 3. The molecule has 0 saturated heterocycles. The van der Waals surface area contributed by atoms with Gasteiger partial charge in [-0.05, 0) is 42.3 Å². The highest BCUT2D eigenvalue weighted by Crippen LogP contribution is 2.19. The van der Waals surface area contributed by atoms with E-state index in [2.05, 4.69) is 10.6 Å². The summed E-state index contributed by atoms with van der Waals surface area (Å²) >= 11 is 0. The highest BCUT2D eigenvalue weighted by molar-refractivity contribution is 5.96. The number of rotatable bonds is 8. The van der Waals surface area contributed by atoms with Gasteiger partial charge in [-0.2, -0.15) is 0 Å². The molecule has 30 heavy (non-hydrogen) atoms. The van der Waals surface area contributed by atoms with E-state index >= 15 is 0 Å². The molecule has 0 saturated carbocycles. The Hall–Kier alpha value is -3.87. The Morgan fingerprint density at radius 3 is 2.27 bits per heavy atom. The van der Waals surface area contributed by atoms with Crippen LogP contribution in [0.4, 0.5) is 0 Å². The van der Waals surface area contributed by atoms with E-state index in [0.29, 0.717) is 11.3 Å². The van der Waals surface area contributed by atoms with Crippen LogP contribution in [0.25, 0.3) is 11.1 Å². The van der Waals surface area contributed by atoms with Crippen molar-refractivity contribution in [1.29, 1.82) is 0 Å². The third-order valence-electron chi connectivity index (χ3n) is 4.34. The summed E-state index contributed by atoms with van der Waals surface area (Å²) < 4.78 is 10.2. The highest BCUT2D eigenvalue weighted by atomic mass is 16.5. The lowest BCUT2D eigenvalue weighted by Crippen LogP contribution is -2.38. The molecule has 0 aliphatic carbocycles. The Balaban J connectivity index is 1.43. The van der Waals surface area contributed by atoms with Crippen molar-refractivity contribution in [2.75, 3.05) is 6.54 Å². The van der Waals surface area contributed by atoms with Crippen molar-refractivity contribution in [2.24, 2.45) is 0 Å². The molecule has 1 unspecified atom stereocenters. The van der Waals surface area contributed by atoms with Crippen molar-refractivity contribution in [3.63, 3.8) is 0 Å². The van der Waals surface area contributed by atoms with E-state index in [0.717, 1.165) is 11.1 Å². The Labute approximate surface area is 174 Å². The molecule has 2 N–H and O–H groups in total.